The molecule has 2 rings (SSSR count). The van der Waals surface area contributed by atoms with Gasteiger partial charge < -0.3 is 10.7 Å². The zero-order valence-corrected chi connectivity index (χ0v) is 10.8. The molecule has 3 N–H and O–H groups in total. The predicted molar refractivity (Wildman–Crippen MR) is 67.1 cm³/mol. The minimum Gasteiger partial charge on any atom is -0.383 e. The van der Waals surface area contributed by atoms with Gasteiger partial charge in [-0.05, 0) is 35.0 Å². The third kappa shape index (κ3) is 2.01. The van der Waals surface area contributed by atoms with Gasteiger partial charge in [-0.3, -0.25) is 4.79 Å². The lowest BCUT2D eigenvalue weighted by Gasteiger charge is -2.07. The second kappa shape index (κ2) is 4.49. The van der Waals surface area contributed by atoms with Gasteiger partial charge in [0.25, 0.3) is 5.56 Å². The minimum atomic E-state index is -1.05. The Morgan fingerprint density at radius 1 is 1.39 bits per heavy atom. The van der Waals surface area contributed by atoms with Gasteiger partial charge in [-0.1, -0.05) is 0 Å². The maximum absolute atomic E-state index is 13.4. The Hall–Kier alpha value is -1.76. The number of nitrogens with one attached hydrogen (secondary N) is 1. The highest BCUT2D eigenvalue weighted by Gasteiger charge is 2.15. The maximum atomic E-state index is 13.4. The number of benzene rings is 1. The normalized spacial score (nSPS) is 10.7. The number of aromatic amines is 1. The zero-order valence-electron chi connectivity index (χ0n) is 9.22. The summed E-state index contributed by atoms with van der Waals surface area (Å²) in [4.78, 5) is 17.9. The van der Waals surface area contributed by atoms with Crippen LogP contribution in [0.25, 0.3) is 11.4 Å². The molecule has 0 aliphatic carbocycles. The first-order valence-electron chi connectivity index (χ1n) is 4.92. The third-order valence-corrected chi connectivity index (χ3v) is 3.25. The van der Waals surface area contributed by atoms with Crippen LogP contribution in [0.1, 0.15) is 5.56 Å². The van der Waals surface area contributed by atoms with Crippen LogP contribution in [0.3, 0.4) is 0 Å². The van der Waals surface area contributed by atoms with Gasteiger partial charge in [0.1, 0.15) is 11.6 Å². The van der Waals surface area contributed by atoms with Crippen molar-refractivity contribution in [3.05, 3.63) is 44.2 Å². The van der Waals surface area contributed by atoms with Crippen LogP contribution in [0, 0.1) is 18.6 Å². The molecule has 0 fully saturated rings. The summed E-state index contributed by atoms with van der Waals surface area (Å²) >= 11 is 2.92. The molecule has 94 valence electrons. The SMILES string of the molecule is Cc1c(N)nc(-c2ccc(F)c(F)c2Br)[nH]c1=O. The van der Waals surface area contributed by atoms with E-state index in [-0.39, 0.29) is 27.2 Å². The number of hydrogen-bond donors (Lipinski definition) is 2. The van der Waals surface area contributed by atoms with Gasteiger partial charge in [0.15, 0.2) is 11.6 Å². The summed E-state index contributed by atoms with van der Waals surface area (Å²) in [6.07, 6.45) is 0. The summed E-state index contributed by atoms with van der Waals surface area (Å²) in [5, 5.41) is 0. The molecule has 0 saturated carbocycles. The van der Waals surface area contributed by atoms with E-state index in [9.17, 15) is 13.6 Å². The number of H-pyrrole nitrogens is 1. The number of anilines is 1. The fourth-order valence-corrected chi connectivity index (χ4v) is 1.90. The largest absolute Gasteiger partial charge is 0.383 e. The summed E-state index contributed by atoms with van der Waals surface area (Å²) in [5.74, 6) is -1.92. The van der Waals surface area contributed by atoms with E-state index in [0.717, 1.165) is 6.07 Å². The average molecular weight is 316 g/mol. The molecule has 0 aliphatic rings. The van der Waals surface area contributed by atoms with Gasteiger partial charge in [-0.15, -0.1) is 0 Å². The predicted octanol–water partition coefficient (Wildman–Crippen LogP) is 2.37. The molecular weight excluding hydrogens is 308 g/mol. The second-order valence-corrected chi connectivity index (χ2v) is 4.44. The van der Waals surface area contributed by atoms with Crippen molar-refractivity contribution in [3.8, 4) is 11.4 Å². The third-order valence-electron chi connectivity index (χ3n) is 2.48. The number of hydrogen-bond acceptors (Lipinski definition) is 3. The molecule has 1 heterocycles. The Balaban J connectivity index is 2.70. The van der Waals surface area contributed by atoms with Crippen molar-refractivity contribution in [2.75, 3.05) is 5.73 Å². The molecule has 1 aromatic heterocycles. The first-order valence-corrected chi connectivity index (χ1v) is 5.71. The van der Waals surface area contributed by atoms with Gasteiger partial charge in [-0.25, -0.2) is 13.8 Å². The molecule has 1 aromatic carbocycles. The van der Waals surface area contributed by atoms with Gasteiger partial charge in [-0.2, -0.15) is 0 Å². The van der Waals surface area contributed by atoms with E-state index >= 15 is 0 Å². The fraction of sp³-hybridized carbons (Fsp3) is 0.0909. The molecule has 0 atom stereocenters. The van der Waals surface area contributed by atoms with Crippen LogP contribution in [0.2, 0.25) is 0 Å². The molecule has 7 heteroatoms. The molecule has 0 amide bonds. The van der Waals surface area contributed by atoms with Crippen molar-refractivity contribution >= 4 is 21.7 Å². The Labute approximate surface area is 109 Å². The highest BCUT2D eigenvalue weighted by atomic mass is 79.9. The van der Waals surface area contributed by atoms with Gasteiger partial charge in [0.05, 0.1) is 10.0 Å². The molecule has 2 aromatic rings. The van der Waals surface area contributed by atoms with E-state index in [0.29, 0.717) is 0 Å². The molecule has 0 saturated heterocycles. The van der Waals surface area contributed by atoms with Gasteiger partial charge in [0, 0.05) is 5.56 Å². The smallest absolute Gasteiger partial charge is 0.256 e. The molecule has 0 radical (unpaired) electrons. The standard InChI is InChI=1S/C11H8BrF2N3O/c1-4-9(15)16-10(17-11(4)18)5-2-3-6(13)8(14)7(5)12/h2-3H,1H3,(H3,15,16,17,18). The number of aromatic nitrogens is 2. The Morgan fingerprint density at radius 3 is 2.67 bits per heavy atom. The first kappa shape index (κ1) is 12.7. The Kier molecular flexibility index (Phi) is 3.16. The van der Waals surface area contributed by atoms with Crippen LogP contribution in [0.5, 0.6) is 0 Å². The lowest BCUT2D eigenvalue weighted by Crippen LogP contribution is -2.15. The minimum absolute atomic E-state index is 0.0467. The van der Waals surface area contributed by atoms with Crippen molar-refractivity contribution in [2.24, 2.45) is 0 Å². The first-order chi connectivity index (χ1) is 8.41. The van der Waals surface area contributed by atoms with Crippen LogP contribution in [-0.2, 0) is 0 Å². The molecular formula is C11H8BrF2N3O. The Bertz CT molecular complexity index is 685. The van der Waals surface area contributed by atoms with E-state index in [1.807, 2.05) is 0 Å². The highest BCUT2D eigenvalue weighted by Crippen LogP contribution is 2.29. The van der Waals surface area contributed by atoms with Crippen molar-refractivity contribution in [1.82, 2.24) is 9.97 Å². The summed E-state index contributed by atoms with van der Waals surface area (Å²) in [5.41, 5.74) is 5.64. The molecule has 0 bridgehead atoms. The van der Waals surface area contributed by atoms with Crippen LogP contribution >= 0.6 is 15.9 Å². The monoisotopic (exact) mass is 315 g/mol. The number of rotatable bonds is 1. The molecule has 0 unspecified atom stereocenters. The Morgan fingerprint density at radius 2 is 2.06 bits per heavy atom. The van der Waals surface area contributed by atoms with Crippen molar-refractivity contribution in [1.29, 1.82) is 0 Å². The molecule has 18 heavy (non-hydrogen) atoms. The molecule has 0 spiro atoms. The fourth-order valence-electron chi connectivity index (χ4n) is 1.39. The quantitative estimate of drug-likeness (QED) is 0.794. The summed E-state index contributed by atoms with van der Waals surface area (Å²) in [7, 11) is 0. The maximum Gasteiger partial charge on any atom is 0.256 e. The van der Waals surface area contributed by atoms with Gasteiger partial charge in [0.2, 0.25) is 0 Å². The van der Waals surface area contributed by atoms with Gasteiger partial charge >= 0.3 is 0 Å². The topological polar surface area (TPSA) is 71.8 Å². The van der Waals surface area contributed by atoms with Crippen molar-refractivity contribution in [3.63, 3.8) is 0 Å². The van der Waals surface area contributed by atoms with E-state index in [1.165, 1.54) is 13.0 Å². The van der Waals surface area contributed by atoms with Crippen LogP contribution in [-0.4, -0.2) is 9.97 Å². The van der Waals surface area contributed by atoms with Crippen LogP contribution in [0.15, 0.2) is 21.4 Å². The summed E-state index contributed by atoms with van der Waals surface area (Å²) < 4.78 is 26.2. The lowest BCUT2D eigenvalue weighted by atomic mass is 10.2. The molecule has 0 aliphatic heterocycles. The van der Waals surface area contributed by atoms with Crippen LogP contribution < -0.4 is 11.3 Å². The summed E-state index contributed by atoms with van der Waals surface area (Å²) in [6, 6.07) is 2.25. The van der Waals surface area contributed by atoms with Crippen molar-refractivity contribution < 1.29 is 8.78 Å². The number of nitrogen functional groups attached to an aromatic ring is 1. The van der Waals surface area contributed by atoms with E-state index in [2.05, 4.69) is 25.9 Å². The number of nitrogens with zero attached hydrogens (tertiary/aromatic N) is 1. The number of halogens is 3. The lowest BCUT2D eigenvalue weighted by molar-refractivity contribution is 0.504. The zero-order chi connectivity index (χ0) is 13.4. The molecule has 4 nitrogen and oxygen atoms in total. The number of nitrogens with two attached hydrogens (primary N) is 1. The summed E-state index contributed by atoms with van der Waals surface area (Å²) in [6.45, 7) is 1.52. The van der Waals surface area contributed by atoms with E-state index < -0.39 is 17.2 Å². The highest BCUT2D eigenvalue weighted by molar-refractivity contribution is 9.10. The van der Waals surface area contributed by atoms with E-state index in [4.69, 9.17) is 5.73 Å². The average Bonchev–Trinajstić information content (AvgIpc) is 2.33. The second-order valence-electron chi connectivity index (χ2n) is 3.65. The van der Waals surface area contributed by atoms with E-state index in [1.54, 1.807) is 0 Å². The van der Waals surface area contributed by atoms with Crippen molar-refractivity contribution in [2.45, 2.75) is 6.92 Å². The van der Waals surface area contributed by atoms with Crippen LogP contribution in [0.4, 0.5) is 14.6 Å².